The maximum Gasteiger partial charge on any atom is 0.225 e. The highest BCUT2D eigenvalue weighted by Crippen LogP contribution is 2.25. The van der Waals surface area contributed by atoms with E-state index in [0.717, 1.165) is 0 Å². The lowest BCUT2D eigenvalue weighted by Gasteiger charge is -2.29. The highest BCUT2D eigenvalue weighted by molar-refractivity contribution is 5.80. The van der Waals surface area contributed by atoms with E-state index in [0.29, 0.717) is 23.5 Å². The first kappa shape index (κ1) is 17.3. The molecule has 3 N–H and O–H groups in total. The Morgan fingerprint density at radius 1 is 1.24 bits per heavy atom. The molecule has 0 spiro atoms. The van der Waals surface area contributed by atoms with Crippen LogP contribution < -0.4 is 14.8 Å². The summed E-state index contributed by atoms with van der Waals surface area (Å²) < 4.78 is 10.3. The highest BCUT2D eigenvalue weighted by Gasteiger charge is 2.28. The molecule has 0 saturated carbocycles. The van der Waals surface area contributed by atoms with Crippen molar-refractivity contribution in [3.05, 3.63) is 23.8 Å². The van der Waals surface area contributed by atoms with Gasteiger partial charge < -0.3 is 25.0 Å². The van der Waals surface area contributed by atoms with Crippen LogP contribution in [0.2, 0.25) is 0 Å². The molecule has 6 nitrogen and oxygen atoms in total. The van der Waals surface area contributed by atoms with E-state index < -0.39 is 5.54 Å². The van der Waals surface area contributed by atoms with E-state index in [9.17, 15) is 15.0 Å². The number of rotatable bonds is 8. The zero-order valence-electron chi connectivity index (χ0n) is 12.7. The lowest BCUT2D eigenvalue weighted by molar-refractivity contribution is -0.123. The summed E-state index contributed by atoms with van der Waals surface area (Å²) in [6, 6.07) is 5.20. The fraction of sp³-hybridized carbons (Fsp3) is 0.533. The molecule has 1 aromatic rings. The van der Waals surface area contributed by atoms with Crippen molar-refractivity contribution in [3.8, 4) is 11.5 Å². The van der Waals surface area contributed by atoms with Crippen LogP contribution in [0.3, 0.4) is 0 Å². The molecule has 0 atom stereocenters. The summed E-state index contributed by atoms with van der Waals surface area (Å²) in [5.74, 6) is 0.910. The Bertz CT molecular complexity index is 463. The zero-order chi connectivity index (χ0) is 15.9. The third-order valence-electron chi connectivity index (χ3n) is 3.53. The van der Waals surface area contributed by atoms with Gasteiger partial charge in [-0.3, -0.25) is 4.79 Å². The normalized spacial score (nSPS) is 11.1. The van der Waals surface area contributed by atoms with Crippen LogP contribution in [0.25, 0.3) is 0 Å². The van der Waals surface area contributed by atoms with Crippen molar-refractivity contribution in [1.82, 2.24) is 5.32 Å². The Hall–Kier alpha value is -1.79. The van der Waals surface area contributed by atoms with Crippen molar-refractivity contribution >= 4 is 5.91 Å². The molecular formula is C15H23NO5. The summed E-state index contributed by atoms with van der Waals surface area (Å²) in [6.07, 6.45) is 0.528. The van der Waals surface area contributed by atoms with Crippen LogP contribution in [0.15, 0.2) is 18.2 Å². The summed E-state index contributed by atoms with van der Waals surface area (Å²) >= 11 is 0. The number of aliphatic hydroxyl groups excluding tert-OH is 2. The topological polar surface area (TPSA) is 88.0 Å². The second-order valence-electron chi connectivity index (χ2n) is 4.85. The molecule has 0 bridgehead atoms. The van der Waals surface area contributed by atoms with Gasteiger partial charge in [-0.25, -0.2) is 0 Å². The molecule has 1 rings (SSSR count). The molecule has 118 valence electrons. The van der Waals surface area contributed by atoms with Gasteiger partial charge in [0.05, 0.1) is 39.4 Å². The van der Waals surface area contributed by atoms with Gasteiger partial charge in [0.15, 0.2) is 0 Å². The van der Waals surface area contributed by atoms with E-state index in [1.54, 1.807) is 32.2 Å². The summed E-state index contributed by atoms with van der Waals surface area (Å²) in [4.78, 5) is 12.1. The molecule has 0 heterocycles. The number of ether oxygens (including phenoxy) is 2. The highest BCUT2D eigenvalue weighted by atomic mass is 16.5. The van der Waals surface area contributed by atoms with E-state index in [1.807, 2.05) is 0 Å². The van der Waals surface area contributed by atoms with Crippen LogP contribution in [0.4, 0.5) is 0 Å². The zero-order valence-corrected chi connectivity index (χ0v) is 12.7. The molecule has 6 heteroatoms. The number of carbonyl (C=O) groups excluding carboxylic acids is 1. The number of hydrogen-bond acceptors (Lipinski definition) is 5. The molecule has 21 heavy (non-hydrogen) atoms. The monoisotopic (exact) mass is 297 g/mol. The SMILES string of the molecule is CCC(CO)(CO)NC(=O)Cc1ccc(OC)cc1OC. The van der Waals surface area contributed by atoms with Crippen LogP contribution in [-0.4, -0.2) is 49.1 Å². The minimum Gasteiger partial charge on any atom is -0.497 e. The van der Waals surface area contributed by atoms with E-state index >= 15 is 0 Å². The predicted molar refractivity (Wildman–Crippen MR) is 78.6 cm³/mol. The Morgan fingerprint density at radius 3 is 2.38 bits per heavy atom. The van der Waals surface area contributed by atoms with Gasteiger partial charge in [0, 0.05) is 11.6 Å². The van der Waals surface area contributed by atoms with E-state index in [4.69, 9.17) is 9.47 Å². The minimum atomic E-state index is -0.989. The maximum atomic E-state index is 12.1. The maximum absolute atomic E-state index is 12.1. The lowest BCUT2D eigenvalue weighted by atomic mass is 9.97. The lowest BCUT2D eigenvalue weighted by Crippen LogP contribution is -2.54. The minimum absolute atomic E-state index is 0.0922. The van der Waals surface area contributed by atoms with Gasteiger partial charge in [-0.1, -0.05) is 13.0 Å². The average molecular weight is 297 g/mol. The third-order valence-corrected chi connectivity index (χ3v) is 3.53. The molecule has 0 aliphatic heterocycles. The fourth-order valence-corrected chi connectivity index (χ4v) is 1.95. The Kier molecular flexibility index (Phi) is 6.45. The molecule has 0 aliphatic carbocycles. The molecule has 0 fully saturated rings. The average Bonchev–Trinajstić information content (AvgIpc) is 2.53. The van der Waals surface area contributed by atoms with Crippen molar-refractivity contribution in [2.45, 2.75) is 25.3 Å². The second-order valence-corrected chi connectivity index (χ2v) is 4.85. The van der Waals surface area contributed by atoms with Gasteiger partial charge in [0.2, 0.25) is 5.91 Å². The van der Waals surface area contributed by atoms with E-state index in [2.05, 4.69) is 5.32 Å². The number of aliphatic hydroxyl groups is 2. The Morgan fingerprint density at radius 2 is 1.90 bits per heavy atom. The number of nitrogens with one attached hydrogen (secondary N) is 1. The second kappa shape index (κ2) is 7.85. The van der Waals surface area contributed by atoms with Crippen LogP contribution in [0, 0.1) is 0 Å². The van der Waals surface area contributed by atoms with Gasteiger partial charge >= 0.3 is 0 Å². The summed E-state index contributed by atoms with van der Waals surface area (Å²) in [6.45, 7) is 1.16. The van der Waals surface area contributed by atoms with Crippen molar-refractivity contribution in [2.24, 2.45) is 0 Å². The van der Waals surface area contributed by atoms with E-state index in [-0.39, 0.29) is 25.5 Å². The van der Waals surface area contributed by atoms with Crippen LogP contribution >= 0.6 is 0 Å². The third kappa shape index (κ3) is 4.34. The standard InChI is InChI=1S/C15H23NO5/c1-4-15(9-17,10-18)16-14(19)7-11-5-6-12(20-2)8-13(11)21-3/h5-6,8,17-18H,4,7,9-10H2,1-3H3,(H,16,19). The number of amides is 1. The first-order valence-corrected chi connectivity index (χ1v) is 6.77. The Balaban J connectivity index is 2.83. The number of hydrogen-bond donors (Lipinski definition) is 3. The largest absolute Gasteiger partial charge is 0.497 e. The molecule has 0 aromatic heterocycles. The van der Waals surface area contributed by atoms with Crippen LogP contribution in [0.1, 0.15) is 18.9 Å². The smallest absolute Gasteiger partial charge is 0.225 e. The molecule has 0 saturated heterocycles. The molecule has 1 aromatic carbocycles. The van der Waals surface area contributed by atoms with Gasteiger partial charge in [0.25, 0.3) is 0 Å². The molecule has 0 unspecified atom stereocenters. The van der Waals surface area contributed by atoms with Gasteiger partial charge in [0.1, 0.15) is 11.5 Å². The fourth-order valence-electron chi connectivity index (χ4n) is 1.95. The first-order chi connectivity index (χ1) is 10.0. The van der Waals surface area contributed by atoms with Crippen molar-refractivity contribution in [1.29, 1.82) is 0 Å². The van der Waals surface area contributed by atoms with Gasteiger partial charge in [-0.05, 0) is 12.5 Å². The van der Waals surface area contributed by atoms with Crippen LogP contribution in [-0.2, 0) is 11.2 Å². The molecule has 1 amide bonds. The molecular weight excluding hydrogens is 274 g/mol. The number of benzene rings is 1. The van der Waals surface area contributed by atoms with Crippen LogP contribution in [0.5, 0.6) is 11.5 Å². The van der Waals surface area contributed by atoms with Crippen molar-refractivity contribution in [2.75, 3.05) is 27.4 Å². The number of methoxy groups -OCH3 is 2. The first-order valence-electron chi connectivity index (χ1n) is 6.77. The van der Waals surface area contributed by atoms with E-state index in [1.165, 1.54) is 7.11 Å². The molecule has 0 aliphatic rings. The van der Waals surface area contributed by atoms with Crippen molar-refractivity contribution < 1.29 is 24.5 Å². The summed E-state index contributed by atoms with van der Waals surface area (Å²) in [5, 5.41) is 21.4. The molecule has 0 radical (unpaired) electrons. The van der Waals surface area contributed by atoms with Gasteiger partial charge in [-0.2, -0.15) is 0 Å². The number of carbonyl (C=O) groups is 1. The summed E-state index contributed by atoms with van der Waals surface area (Å²) in [7, 11) is 3.08. The van der Waals surface area contributed by atoms with Crippen molar-refractivity contribution in [3.63, 3.8) is 0 Å². The quantitative estimate of drug-likeness (QED) is 0.650. The summed E-state index contributed by atoms with van der Waals surface area (Å²) in [5.41, 5.74) is -0.284. The Labute approximate surface area is 124 Å². The van der Waals surface area contributed by atoms with Gasteiger partial charge in [-0.15, -0.1) is 0 Å². The predicted octanol–water partition coefficient (Wildman–Crippen LogP) is 0.496.